The SMILES string of the molecule is CC(C)(C)OC(=O)N[C@H](Cc1ccc(Cl)cc1)C(=O)N1CCC(Cn2cncn2)(C2CCCCC2)CC1. The molecule has 0 radical (unpaired) electrons. The zero-order valence-electron chi connectivity index (χ0n) is 22.3. The lowest BCUT2D eigenvalue weighted by molar-refractivity contribution is -0.137. The molecule has 2 amide bonds. The largest absolute Gasteiger partial charge is 0.444 e. The monoisotopic (exact) mass is 529 g/mol. The maximum atomic E-state index is 13.8. The second kappa shape index (κ2) is 11.8. The van der Waals surface area contributed by atoms with Gasteiger partial charge in [0.15, 0.2) is 0 Å². The molecule has 9 heteroatoms. The van der Waals surface area contributed by atoms with Crippen LogP contribution in [0.2, 0.25) is 5.02 Å². The van der Waals surface area contributed by atoms with Crippen LogP contribution in [-0.2, 0) is 22.5 Å². The number of likely N-dealkylation sites (tertiary alicyclic amines) is 1. The molecule has 1 N–H and O–H groups in total. The number of alkyl carbamates (subject to hydrolysis) is 1. The Morgan fingerprint density at radius 1 is 1.14 bits per heavy atom. The van der Waals surface area contributed by atoms with Gasteiger partial charge in [-0.05, 0) is 75.5 Å². The number of rotatable bonds is 7. The lowest BCUT2D eigenvalue weighted by Gasteiger charge is -2.48. The van der Waals surface area contributed by atoms with Gasteiger partial charge in [0.1, 0.15) is 24.3 Å². The molecule has 8 nitrogen and oxygen atoms in total. The van der Waals surface area contributed by atoms with Crippen LogP contribution in [0.15, 0.2) is 36.9 Å². The van der Waals surface area contributed by atoms with E-state index in [1.165, 1.54) is 32.1 Å². The fourth-order valence-electron chi connectivity index (χ4n) is 5.95. The lowest BCUT2D eigenvalue weighted by atomic mass is 9.63. The Balaban J connectivity index is 1.48. The molecule has 1 aliphatic carbocycles. The van der Waals surface area contributed by atoms with Crippen LogP contribution in [0.1, 0.15) is 71.3 Å². The van der Waals surface area contributed by atoms with E-state index in [0.717, 1.165) is 24.9 Å². The third-order valence-electron chi connectivity index (χ3n) is 7.83. The summed E-state index contributed by atoms with van der Waals surface area (Å²) in [5, 5.41) is 7.88. The second-order valence-corrected chi connectivity index (χ2v) is 12.1. The van der Waals surface area contributed by atoms with Crippen LogP contribution >= 0.6 is 11.6 Å². The number of carbonyl (C=O) groups excluding carboxylic acids is 2. The van der Waals surface area contributed by atoms with Gasteiger partial charge in [-0.2, -0.15) is 5.10 Å². The van der Waals surface area contributed by atoms with Crippen molar-refractivity contribution in [1.82, 2.24) is 25.0 Å². The molecule has 2 fully saturated rings. The molecule has 202 valence electrons. The molecule has 2 heterocycles. The van der Waals surface area contributed by atoms with Gasteiger partial charge in [-0.15, -0.1) is 0 Å². The average molecular weight is 530 g/mol. The van der Waals surface area contributed by atoms with Crippen LogP contribution in [0.25, 0.3) is 0 Å². The zero-order chi connectivity index (χ0) is 26.5. The molecule has 0 unspecified atom stereocenters. The summed E-state index contributed by atoms with van der Waals surface area (Å²) in [4.78, 5) is 32.5. The number of ether oxygens (including phenoxy) is 1. The maximum absolute atomic E-state index is 13.8. The highest BCUT2D eigenvalue weighted by molar-refractivity contribution is 6.30. The molecule has 1 aliphatic heterocycles. The van der Waals surface area contributed by atoms with Gasteiger partial charge in [-0.25, -0.2) is 9.78 Å². The first-order valence-electron chi connectivity index (χ1n) is 13.5. The Labute approximate surface area is 225 Å². The molecule has 37 heavy (non-hydrogen) atoms. The van der Waals surface area contributed by atoms with Gasteiger partial charge in [0.2, 0.25) is 5.91 Å². The quantitative estimate of drug-likeness (QED) is 0.528. The molecule has 1 atom stereocenters. The van der Waals surface area contributed by atoms with Crippen molar-refractivity contribution >= 4 is 23.6 Å². The summed E-state index contributed by atoms with van der Waals surface area (Å²) >= 11 is 6.06. The molecular weight excluding hydrogens is 490 g/mol. The van der Waals surface area contributed by atoms with Gasteiger partial charge in [0.25, 0.3) is 0 Å². The van der Waals surface area contributed by atoms with Crippen molar-refractivity contribution in [2.24, 2.45) is 11.3 Å². The van der Waals surface area contributed by atoms with Gasteiger partial charge in [-0.3, -0.25) is 9.48 Å². The fourth-order valence-corrected chi connectivity index (χ4v) is 6.07. The Bertz CT molecular complexity index is 1020. The topological polar surface area (TPSA) is 89.4 Å². The van der Waals surface area contributed by atoms with E-state index in [9.17, 15) is 9.59 Å². The van der Waals surface area contributed by atoms with Gasteiger partial charge in [0.05, 0.1) is 0 Å². The van der Waals surface area contributed by atoms with E-state index in [-0.39, 0.29) is 11.3 Å². The minimum atomic E-state index is -0.714. The first-order valence-corrected chi connectivity index (χ1v) is 13.9. The Morgan fingerprint density at radius 2 is 1.81 bits per heavy atom. The van der Waals surface area contributed by atoms with E-state index in [0.29, 0.717) is 30.5 Å². The molecule has 1 aromatic carbocycles. The van der Waals surface area contributed by atoms with E-state index >= 15 is 0 Å². The third kappa shape index (κ3) is 7.46. The molecule has 1 saturated carbocycles. The average Bonchev–Trinajstić information content (AvgIpc) is 3.37. The Hall–Kier alpha value is -2.61. The predicted octanol–water partition coefficient (Wildman–Crippen LogP) is 5.26. The van der Waals surface area contributed by atoms with E-state index in [4.69, 9.17) is 16.3 Å². The number of piperidine rings is 1. The summed E-state index contributed by atoms with van der Waals surface area (Å²) < 4.78 is 7.43. The van der Waals surface area contributed by atoms with Crippen LogP contribution in [0.4, 0.5) is 4.79 Å². The number of halogens is 1. The normalized spacial score (nSPS) is 19.3. The third-order valence-corrected chi connectivity index (χ3v) is 8.08. The summed E-state index contributed by atoms with van der Waals surface area (Å²) in [5.74, 6) is 0.561. The minimum Gasteiger partial charge on any atom is -0.444 e. The van der Waals surface area contributed by atoms with Crippen molar-refractivity contribution in [1.29, 1.82) is 0 Å². The standard InChI is InChI=1S/C28H40ClN5O3/c1-27(2,3)37-26(36)32-24(17-21-9-11-23(29)12-10-21)25(35)33-15-13-28(14-16-33,18-34-20-30-19-31-34)22-7-5-4-6-8-22/h9-12,19-20,22,24H,4-8,13-18H2,1-3H3,(H,32,36)/t24-/m1/s1. The van der Waals surface area contributed by atoms with Crippen LogP contribution in [0, 0.1) is 11.3 Å². The number of amides is 2. The second-order valence-electron chi connectivity index (χ2n) is 11.6. The molecule has 2 aliphatic rings. The summed E-state index contributed by atoms with van der Waals surface area (Å²) in [5.41, 5.74) is 0.387. The van der Waals surface area contributed by atoms with Crippen molar-refractivity contribution in [3.05, 3.63) is 47.5 Å². The van der Waals surface area contributed by atoms with Gasteiger partial charge in [0, 0.05) is 31.1 Å². The molecule has 1 aromatic heterocycles. The molecule has 2 aromatic rings. The van der Waals surface area contributed by atoms with E-state index in [1.54, 1.807) is 24.8 Å². The maximum Gasteiger partial charge on any atom is 0.408 e. The number of aromatic nitrogens is 3. The van der Waals surface area contributed by atoms with Crippen molar-refractivity contribution in [2.75, 3.05) is 13.1 Å². The number of hydrogen-bond donors (Lipinski definition) is 1. The van der Waals surface area contributed by atoms with Crippen molar-refractivity contribution in [3.8, 4) is 0 Å². The summed E-state index contributed by atoms with van der Waals surface area (Å²) in [6.45, 7) is 7.60. The van der Waals surface area contributed by atoms with Crippen LogP contribution < -0.4 is 5.32 Å². The van der Waals surface area contributed by atoms with E-state index < -0.39 is 17.7 Å². The number of carbonyl (C=O) groups is 2. The van der Waals surface area contributed by atoms with Crippen molar-refractivity contribution in [2.45, 2.75) is 90.3 Å². The number of nitrogens with zero attached hydrogens (tertiary/aromatic N) is 4. The highest BCUT2D eigenvalue weighted by Gasteiger charge is 2.44. The van der Waals surface area contributed by atoms with Crippen LogP contribution in [0.5, 0.6) is 0 Å². The van der Waals surface area contributed by atoms with Gasteiger partial charge in [-0.1, -0.05) is 43.0 Å². The zero-order valence-corrected chi connectivity index (χ0v) is 23.0. The first kappa shape index (κ1) is 27.4. The predicted molar refractivity (Wildman–Crippen MR) is 143 cm³/mol. The molecular formula is C28H40ClN5O3. The van der Waals surface area contributed by atoms with Crippen LogP contribution in [0.3, 0.4) is 0 Å². The minimum absolute atomic E-state index is 0.0705. The number of benzene rings is 1. The fraction of sp³-hybridized carbons (Fsp3) is 0.643. The summed E-state index contributed by atoms with van der Waals surface area (Å²) in [7, 11) is 0. The molecule has 1 saturated heterocycles. The first-order chi connectivity index (χ1) is 17.6. The van der Waals surface area contributed by atoms with Gasteiger partial charge >= 0.3 is 6.09 Å². The number of nitrogens with one attached hydrogen (secondary N) is 1. The van der Waals surface area contributed by atoms with Crippen molar-refractivity contribution in [3.63, 3.8) is 0 Å². The van der Waals surface area contributed by atoms with Gasteiger partial charge < -0.3 is 15.0 Å². The number of hydrogen-bond acceptors (Lipinski definition) is 5. The summed E-state index contributed by atoms with van der Waals surface area (Å²) in [6.07, 6.45) is 11.4. The van der Waals surface area contributed by atoms with Crippen molar-refractivity contribution < 1.29 is 14.3 Å². The molecule has 4 rings (SSSR count). The Kier molecular flexibility index (Phi) is 8.78. The van der Waals surface area contributed by atoms with E-state index in [1.807, 2.05) is 42.5 Å². The van der Waals surface area contributed by atoms with Crippen LogP contribution in [-0.4, -0.2) is 56.4 Å². The summed E-state index contributed by atoms with van der Waals surface area (Å²) in [6, 6.07) is 6.67. The van der Waals surface area contributed by atoms with E-state index in [2.05, 4.69) is 15.4 Å². The molecule has 0 bridgehead atoms. The highest BCUT2D eigenvalue weighted by atomic mass is 35.5. The Morgan fingerprint density at radius 3 is 2.41 bits per heavy atom. The molecule has 0 spiro atoms. The smallest absolute Gasteiger partial charge is 0.408 e. The highest BCUT2D eigenvalue weighted by Crippen LogP contribution is 2.47. The lowest BCUT2D eigenvalue weighted by Crippen LogP contribution is -2.55.